The third-order valence-corrected chi connectivity index (χ3v) is 2.13. The minimum Gasteiger partial charge on any atom is -0.297 e. The van der Waals surface area contributed by atoms with E-state index in [1.165, 1.54) is 25.3 Å². The second kappa shape index (κ2) is 6.20. The molecule has 2 aromatic rings. The summed E-state index contributed by atoms with van der Waals surface area (Å²) in [6.07, 6.45) is 10.8. The molecule has 2 rings (SSSR count). The van der Waals surface area contributed by atoms with Gasteiger partial charge in [-0.25, -0.2) is 29.9 Å². The lowest BCUT2D eigenvalue weighted by atomic mass is 10.1. The van der Waals surface area contributed by atoms with E-state index >= 15 is 0 Å². The molecule has 94 valence electrons. The summed E-state index contributed by atoms with van der Waals surface area (Å²) < 4.78 is 0. The third-order valence-electron chi connectivity index (χ3n) is 2.13. The van der Waals surface area contributed by atoms with Gasteiger partial charge in [0.1, 0.15) is 25.3 Å². The van der Waals surface area contributed by atoms with E-state index in [1.54, 1.807) is 6.08 Å². The molecule has 0 radical (unpaired) electrons. The molecular formula is C12H11N7. The molecule has 0 amide bonds. The molecule has 0 atom stereocenters. The van der Waals surface area contributed by atoms with Crippen LogP contribution in [0.25, 0.3) is 5.57 Å². The molecule has 0 aromatic carbocycles. The Hall–Kier alpha value is -2.83. The van der Waals surface area contributed by atoms with Gasteiger partial charge in [-0.15, -0.1) is 0 Å². The standard InChI is InChI=1S/C12H11N7/c1-2-3-9(11-16-5-14-6-17-11)4-10(13)12-18-7-15-8-19-12/h2-8,13H,1H3/b3-2-,9-4+,13-10?. The summed E-state index contributed by atoms with van der Waals surface area (Å²) in [6, 6.07) is 0. The van der Waals surface area contributed by atoms with E-state index in [0.717, 1.165) is 0 Å². The van der Waals surface area contributed by atoms with Crippen LogP contribution >= 0.6 is 0 Å². The van der Waals surface area contributed by atoms with Gasteiger partial charge in [-0.05, 0) is 13.0 Å². The molecule has 7 heteroatoms. The van der Waals surface area contributed by atoms with Gasteiger partial charge in [-0.2, -0.15) is 0 Å². The zero-order chi connectivity index (χ0) is 13.5. The zero-order valence-electron chi connectivity index (χ0n) is 10.2. The second-order valence-corrected chi connectivity index (χ2v) is 3.44. The topological polar surface area (TPSA) is 101 Å². The normalized spacial score (nSPS) is 11.7. The van der Waals surface area contributed by atoms with Crippen LogP contribution in [0, 0.1) is 5.41 Å². The summed E-state index contributed by atoms with van der Waals surface area (Å²) in [5, 5.41) is 7.95. The summed E-state index contributed by atoms with van der Waals surface area (Å²) in [5.74, 6) is 0.790. The Morgan fingerprint density at radius 3 is 2.00 bits per heavy atom. The lowest BCUT2D eigenvalue weighted by molar-refractivity contribution is 1.02. The van der Waals surface area contributed by atoms with Crippen molar-refractivity contribution in [2.75, 3.05) is 0 Å². The number of hydrogen-bond acceptors (Lipinski definition) is 7. The molecule has 0 fully saturated rings. The molecule has 0 aliphatic carbocycles. The van der Waals surface area contributed by atoms with Gasteiger partial charge in [-0.3, -0.25) is 5.41 Å². The SMILES string of the molecule is C/C=C\C(=C/C(=N)c1ncncn1)c1ncncn1. The highest BCUT2D eigenvalue weighted by Gasteiger charge is 2.06. The number of nitrogens with one attached hydrogen (secondary N) is 1. The summed E-state index contributed by atoms with van der Waals surface area (Å²) in [7, 11) is 0. The van der Waals surface area contributed by atoms with E-state index in [-0.39, 0.29) is 5.71 Å². The van der Waals surface area contributed by atoms with Crippen molar-refractivity contribution in [3.8, 4) is 0 Å². The number of nitrogens with zero attached hydrogens (tertiary/aromatic N) is 6. The molecule has 7 nitrogen and oxygen atoms in total. The second-order valence-electron chi connectivity index (χ2n) is 3.44. The lowest BCUT2D eigenvalue weighted by Crippen LogP contribution is -2.04. The van der Waals surface area contributed by atoms with E-state index in [4.69, 9.17) is 5.41 Å². The number of rotatable bonds is 4. The maximum Gasteiger partial charge on any atom is 0.180 e. The van der Waals surface area contributed by atoms with Crippen molar-refractivity contribution in [1.29, 1.82) is 5.41 Å². The summed E-state index contributed by atoms with van der Waals surface area (Å²) >= 11 is 0. The Kier molecular flexibility index (Phi) is 4.12. The average Bonchev–Trinajstić information content (AvgIpc) is 2.48. The fraction of sp³-hybridized carbons (Fsp3) is 0.0833. The molecule has 0 unspecified atom stereocenters. The number of allylic oxidation sites excluding steroid dienone is 4. The molecule has 0 aliphatic rings. The Morgan fingerprint density at radius 1 is 0.947 bits per heavy atom. The van der Waals surface area contributed by atoms with Crippen molar-refractivity contribution in [1.82, 2.24) is 29.9 Å². The van der Waals surface area contributed by atoms with Crippen molar-refractivity contribution in [3.05, 3.63) is 55.2 Å². The first-order chi connectivity index (χ1) is 9.31. The Morgan fingerprint density at radius 2 is 1.47 bits per heavy atom. The van der Waals surface area contributed by atoms with Crippen LogP contribution in [-0.4, -0.2) is 35.6 Å². The highest BCUT2D eigenvalue weighted by atomic mass is 15.0. The molecule has 0 aliphatic heterocycles. The molecule has 2 heterocycles. The van der Waals surface area contributed by atoms with Crippen molar-refractivity contribution in [2.24, 2.45) is 0 Å². The molecule has 0 saturated carbocycles. The van der Waals surface area contributed by atoms with E-state index in [9.17, 15) is 0 Å². The zero-order valence-corrected chi connectivity index (χ0v) is 10.2. The third kappa shape index (κ3) is 3.32. The van der Waals surface area contributed by atoms with Gasteiger partial charge in [0.15, 0.2) is 11.6 Å². The van der Waals surface area contributed by atoms with Crippen LogP contribution in [0.4, 0.5) is 0 Å². The van der Waals surface area contributed by atoms with Gasteiger partial charge in [-0.1, -0.05) is 12.2 Å². The van der Waals surface area contributed by atoms with E-state index < -0.39 is 0 Å². The van der Waals surface area contributed by atoms with Crippen LogP contribution in [0.2, 0.25) is 0 Å². The summed E-state index contributed by atoms with van der Waals surface area (Å²) in [5.41, 5.74) is 0.853. The maximum atomic E-state index is 7.95. The highest BCUT2D eigenvalue weighted by molar-refractivity contribution is 6.08. The van der Waals surface area contributed by atoms with Crippen LogP contribution < -0.4 is 0 Å². The highest BCUT2D eigenvalue weighted by Crippen LogP contribution is 2.10. The molecule has 2 aromatic heterocycles. The van der Waals surface area contributed by atoms with Gasteiger partial charge in [0.05, 0.1) is 5.71 Å². The first-order valence-electron chi connectivity index (χ1n) is 5.49. The Balaban J connectivity index is 2.35. The first-order valence-corrected chi connectivity index (χ1v) is 5.49. The predicted molar refractivity (Wildman–Crippen MR) is 69.3 cm³/mol. The lowest BCUT2D eigenvalue weighted by Gasteiger charge is -2.01. The van der Waals surface area contributed by atoms with Gasteiger partial charge in [0, 0.05) is 5.57 Å². The largest absolute Gasteiger partial charge is 0.297 e. The Bertz CT molecular complexity index is 604. The number of hydrogen-bond donors (Lipinski definition) is 1. The summed E-state index contributed by atoms with van der Waals surface area (Å²) in [6.45, 7) is 1.88. The molecule has 0 spiro atoms. The summed E-state index contributed by atoms with van der Waals surface area (Å²) in [4.78, 5) is 23.4. The van der Waals surface area contributed by atoms with Crippen LogP contribution in [-0.2, 0) is 0 Å². The average molecular weight is 253 g/mol. The smallest absolute Gasteiger partial charge is 0.180 e. The monoisotopic (exact) mass is 253 g/mol. The number of aromatic nitrogens is 6. The quantitative estimate of drug-likeness (QED) is 0.646. The molecular weight excluding hydrogens is 242 g/mol. The molecule has 0 bridgehead atoms. The van der Waals surface area contributed by atoms with Crippen LogP contribution in [0.15, 0.2) is 43.5 Å². The maximum absolute atomic E-state index is 7.95. The fourth-order valence-electron chi connectivity index (χ4n) is 1.35. The van der Waals surface area contributed by atoms with E-state index in [0.29, 0.717) is 17.2 Å². The van der Waals surface area contributed by atoms with Gasteiger partial charge in [0.2, 0.25) is 0 Å². The van der Waals surface area contributed by atoms with Crippen molar-refractivity contribution in [2.45, 2.75) is 6.92 Å². The first kappa shape index (κ1) is 12.6. The van der Waals surface area contributed by atoms with Crippen molar-refractivity contribution >= 4 is 11.3 Å². The minimum atomic E-state index is 0.163. The van der Waals surface area contributed by atoms with Gasteiger partial charge < -0.3 is 0 Å². The molecule has 1 N–H and O–H groups in total. The molecule has 19 heavy (non-hydrogen) atoms. The van der Waals surface area contributed by atoms with Crippen LogP contribution in [0.5, 0.6) is 0 Å². The Labute approximate surface area is 109 Å². The van der Waals surface area contributed by atoms with Crippen molar-refractivity contribution in [3.63, 3.8) is 0 Å². The van der Waals surface area contributed by atoms with E-state index in [2.05, 4.69) is 29.9 Å². The minimum absolute atomic E-state index is 0.163. The van der Waals surface area contributed by atoms with Gasteiger partial charge in [0.25, 0.3) is 0 Å². The van der Waals surface area contributed by atoms with Gasteiger partial charge >= 0.3 is 0 Å². The predicted octanol–water partition coefficient (Wildman–Crippen LogP) is 1.08. The van der Waals surface area contributed by atoms with E-state index in [1.807, 2.05) is 19.1 Å². The van der Waals surface area contributed by atoms with Crippen LogP contribution in [0.1, 0.15) is 18.6 Å². The van der Waals surface area contributed by atoms with Crippen LogP contribution in [0.3, 0.4) is 0 Å². The van der Waals surface area contributed by atoms with Crippen molar-refractivity contribution < 1.29 is 0 Å². The molecule has 0 saturated heterocycles. The fourth-order valence-corrected chi connectivity index (χ4v) is 1.35.